The van der Waals surface area contributed by atoms with E-state index in [1.165, 1.54) is 0 Å². The molecule has 2 N–H and O–H groups in total. The molecule has 0 aromatic rings. The summed E-state index contributed by atoms with van der Waals surface area (Å²) < 4.78 is 0. The molecule has 0 saturated carbocycles. The second-order valence-electron chi connectivity index (χ2n) is 5.31. The van der Waals surface area contributed by atoms with Crippen molar-refractivity contribution >= 4 is 11.9 Å². The van der Waals surface area contributed by atoms with Crippen LogP contribution >= 0.6 is 0 Å². The van der Waals surface area contributed by atoms with Crippen molar-refractivity contribution in [2.24, 2.45) is 16.7 Å². The molecule has 0 aliphatic heterocycles. The van der Waals surface area contributed by atoms with Crippen molar-refractivity contribution < 1.29 is 19.8 Å². The smallest absolute Gasteiger partial charge is 0.321 e. The zero-order valence-corrected chi connectivity index (χ0v) is 12.1. The second kappa shape index (κ2) is 6.21. The van der Waals surface area contributed by atoms with Crippen LogP contribution in [0.1, 0.15) is 60.3 Å². The summed E-state index contributed by atoms with van der Waals surface area (Å²) >= 11 is 0. The van der Waals surface area contributed by atoms with Gasteiger partial charge >= 0.3 is 11.9 Å². The highest BCUT2D eigenvalue weighted by atomic mass is 16.4. The van der Waals surface area contributed by atoms with Crippen LogP contribution in [0.15, 0.2) is 0 Å². The van der Waals surface area contributed by atoms with E-state index in [2.05, 4.69) is 0 Å². The molecule has 0 aliphatic carbocycles. The number of rotatable bonds is 8. The highest BCUT2D eigenvalue weighted by Gasteiger charge is 2.61. The van der Waals surface area contributed by atoms with Gasteiger partial charge < -0.3 is 10.2 Å². The lowest BCUT2D eigenvalue weighted by Gasteiger charge is -2.47. The lowest BCUT2D eigenvalue weighted by atomic mass is 9.53. The maximum absolute atomic E-state index is 11.8. The molecular formula is C14H26O4. The molecule has 18 heavy (non-hydrogen) atoms. The summed E-state index contributed by atoms with van der Waals surface area (Å²) in [6.45, 7) is 9.13. The number of aliphatic carboxylic acids is 2. The van der Waals surface area contributed by atoms with Gasteiger partial charge in [0.2, 0.25) is 0 Å². The van der Waals surface area contributed by atoms with Gasteiger partial charge in [0.25, 0.3) is 0 Å². The largest absolute Gasteiger partial charge is 0.480 e. The fourth-order valence-corrected chi connectivity index (χ4v) is 3.49. The minimum absolute atomic E-state index is 0.445. The molecule has 0 atom stereocenters. The summed E-state index contributed by atoms with van der Waals surface area (Å²) in [6, 6.07) is 0. The van der Waals surface area contributed by atoms with Gasteiger partial charge in [-0.05, 0) is 30.6 Å². The minimum Gasteiger partial charge on any atom is -0.480 e. The molecule has 0 fully saturated rings. The Morgan fingerprint density at radius 1 is 1.00 bits per heavy atom. The average Bonchev–Trinajstić information content (AvgIpc) is 2.26. The first kappa shape index (κ1) is 16.9. The Balaban J connectivity index is 6.09. The highest BCUT2D eigenvalue weighted by Crippen LogP contribution is 2.53. The van der Waals surface area contributed by atoms with Crippen LogP contribution in [-0.2, 0) is 9.59 Å². The molecule has 0 spiro atoms. The van der Waals surface area contributed by atoms with Crippen LogP contribution in [0.4, 0.5) is 0 Å². The molecule has 0 amide bonds. The molecular weight excluding hydrogens is 232 g/mol. The number of hydrogen-bond donors (Lipinski definition) is 2. The number of carboxylic acids is 2. The summed E-state index contributed by atoms with van der Waals surface area (Å²) in [5.74, 6) is -2.86. The van der Waals surface area contributed by atoms with Crippen molar-refractivity contribution in [1.82, 2.24) is 0 Å². The first-order valence-electron chi connectivity index (χ1n) is 6.73. The molecule has 0 bridgehead atoms. The van der Waals surface area contributed by atoms with Crippen LogP contribution in [0.2, 0.25) is 0 Å². The van der Waals surface area contributed by atoms with Crippen LogP contribution < -0.4 is 0 Å². The maximum atomic E-state index is 11.8. The van der Waals surface area contributed by atoms with E-state index in [0.717, 1.165) is 6.42 Å². The van der Waals surface area contributed by atoms with Crippen LogP contribution in [-0.4, -0.2) is 22.2 Å². The van der Waals surface area contributed by atoms with Crippen molar-refractivity contribution in [2.45, 2.75) is 60.3 Å². The van der Waals surface area contributed by atoms with Crippen LogP contribution in [0, 0.1) is 16.7 Å². The number of carbonyl (C=O) groups is 2. The number of hydrogen-bond acceptors (Lipinski definition) is 2. The SMILES string of the molecule is CCCC(CC)(CC)C(C(=O)O)(C(=O)O)C(C)C. The maximum Gasteiger partial charge on any atom is 0.321 e. The van der Waals surface area contributed by atoms with E-state index < -0.39 is 28.7 Å². The first-order chi connectivity index (χ1) is 8.26. The van der Waals surface area contributed by atoms with E-state index in [0.29, 0.717) is 19.3 Å². The molecule has 4 heteroatoms. The summed E-state index contributed by atoms with van der Waals surface area (Å²) in [5, 5.41) is 19.2. The summed E-state index contributed by atoms with van der Waals surface area (Å²) in [7, 11) is 0. The van der Waals surface area contributed by atoms with Gasteiger partial charge in [-0.2, -0.15) is 0 Å². The Bertz CT molecular complexity index is 289. The fourth-order valence-electron chi connectivity index (χ4n) is 3.49. The third-order valence-corrected chi connectivity index (χ3v) is 4.46. The fraction of sp³-hybridized carbons (Fsp3) is 0.857. The molecule has 106 valence electrons. The van der Waals surface area contributed by atoms with E-state index >= 15 is 0 Å². The van der Waals surface area contributed by atoms with Gasteiger partial charge in [0, 0.05) is 0 Å². The topological polar surface area (TPSA) is 74.6 Å². The van der Waals surface area contributed by atoms with Gasteiger partial charge in [-0.1, -0.05) is 41.0 Å². The first-order valence-corrected chi connectivity index (χ1v) is 6.73. The van der Waals surface area contributed by atoms with Crippen molar-refractivity contribution in [1.29, 1.82) is 0 Å². The van der Waals surface area contributed by atoms with Gasteiger partial charge in [-0.15, -0.1) is 0 Å². The molecule has 0 saturated heterocycles. The predicted molar refractivity (Wildman–Crippen MR) is 70.5 cm³/mol. The second-order valence-corrected chi connectivity index (χ2v) is 5.31. The van der Waals surface area contributed by atoms with Crippen molar-refractivity contribution in [2.75, 3.05) is 0 Å². The summed E-state index contributed by atoms with van der Waals surface area (Å²) in [6.07, 6.45) is 2.54. The normalized spacial score (nSPS) is 12.8. The highest BCUT2D eigenvalue weighted by molar-refractivity contribution is 5.99. The van der Waals surface area contributed by atoms with Crippen LogP contribution in [0.5, 0.6) is 0 Å². The van der Waals surface area contributed by atoms with Gasteiger partial charge in [0.1, 0.15) is 0 Å². The zero-order chi connectivity index (χ0) is 14.6. The van der Waals surface area contributed by atoms with Gasteiger partial charge in [0.15, 0.2) is 5.41 Å². The van der Waals surface area contributed by atoms with E-state index in [9.17, 15) is 19.8 Å². The Labute approximate surface area is 109 Å². The lowest BCUT2D eigenvalue weighted by Crippen LogP contribution is -2.56. The molecule has 0 heterocycles. The van der Waals surface area contributed by atoms with E-state index in [1.54, 1.807) is 13.8 Å². The molecule has 0 aromatic carbocycles. The van der Waals surface area contributed by atoms with Crippen molar-refractivity contribution in [3.8, 4) is 0 Å². The van der Waals surface area contributed by atoms with Gasteiger partial charge in [-0.3, -0.25) is 9.59 Å². The Morgan fingerprint density at radius 3 is 1.56 bits per heavy atom. The standard InChI is InChI=1S/C14H26O4/c1-6-9-13(7-2,8-3)14(10(4)5,11(15)16)12(17)18/h10H,6-9H2,1-5H3,(H,15,16)(H,17,18). The lowest BCUT2D eigenvalue weighted by molar-refractivity contribution is -0.184. The molecule has 0 rings (SSSR count). The third kappa shape index (κ3) is 2.25. The average molecular weight is 258 g/mol. The Morgan fingerprint density at radius 2 is 1.39 bits per heavy atom. The number of carboxylic acid groups (broad SMARTS) is 2. The molecule has 0 radical (unpaired) electrons. The summed E-state index contributed by atoms with van der Waals surface area (Å²) in [5.41, 5.74) is -2.39. The zero-order valence-electron chi connectivity index (χ0n) is 12.1. The molecule has 0 unspecified atom stereocenters. The van der Waals surface area contributed by atoms with Gasteiger partial charge in [0.05, 0.1) is 0 Å². The molecule has 0 aliphatic rings. The third-order valence-electron chi connectivity index (χ3n) is 4.46. The van der Waals surface area contributed by atoms with Crippen molar-refractivity contribution in [3.05, 3.63) is 0 Å². The quantitative estimate of drug-likeness (QED) is 0.654. The predicted octanol–water partition coefficient (Wildman–Crippen LogP) is 3.40. The van der Waals surface area contributed by atoms with Crippen LogP contribution in [0.3, 0.4) is 0 Å². The molecule has 4 nitrogen and oxygen atoms in total. The summed E-state index contributed by atoms with van der Waals surface area (Å²) in [4.78, 5) is 23.5. The monoisotopic (exact) mass is 258 g/mol. The van der Waals surface area contributed by atoms with E-state index in [1.807, 2.05) is 20.8 Å². The van der Waals surface area contributed by atoms with Gasteiger partial charge in [-0.25, -0.2) is 0 Å². The minimum atomic E-state index is -1.70. The Kier molecular flexibility index (Phi) is 5.84. The Hall–Kier alpha value is -1.06. The van der Waals surface area contributed by atoms with Crippen molar-refractivity contribution in [3.63, 3.8) is 0 Å². The molecule has 0 aromatic heterocycles. The van der Waals surface area contributed by atoms with Crippen LogP contribution in [0.25, 0.3) is 0 Å². The van der Waals surface area contributed by atoms with E-state index in [-0.39, 0.29) is 0 Å². The van der Waals surface area contributed by atoms with E-state index in [4.69, 9.17) is 0 Å².